The molecule has 0 radical (unpaired) electrons. The summed E-state index contributed by atoms with van der Waals surface area (Å²) in [7, 11) is 0. The summed E-state index contributed by atoms with van der Waals surface area (Å²) in [4.78, 5) is 0. The molecule has 0 aromatic heterocycles. The Balaban J connectivity index is 1.85. The summed E-state index contributed by atoms with van der Waals surface area (Å²) in [6.07, 6.45) is 10.9. The molecule has 1 unspecified atom stereocenters. The molecule has 0 saturated heterocycles. The first-order chi connectivity index (χ1) is 8.88. The first kappa shape index (κ1) is 12.2. The summed E-state index contributed by atoms with van der Waals surface area (Å²) < 4.78 is 0. The molecule has 0 bridgehead atoms. The van der Waals surface area contributed by atoms with Gasteiger partial charge in [0.05, 0.1) is 0 Å². The second-order valence-electron chi connectivity index (χ2n) is 6.12. The van der Waals surface area contributed by atoms with Crippen LogP contribution < -0.4 is 5.73 Å². The maximum absolute atomic E-state index is 6.06. The minimum absolute atomic E-state index is 0.611. The third-order valence-corrected chi connectivity index (χ3v) is 5.02. The van der Waals surface area contributed by atoms with Crippen molar-refractivity contribution in [2.45, 2.75) is 57.3 Å². The molecule has 0 amide bonds. The Bertz CT molecular complexity index is 404. The number of hydrogen-bond acceptors (Lipinski definition) is 1. The van der Waals surface area contributed by atoms with Crippen molar-refractivity contribution in [3.05, 3.63) is 34.9 Å². The lowest BCUT2D eigenvalue weighted by Gasteiger charge is -2.25. The molecule has 98 valence electrons. The molecule has 1 nitrogen and oxygen atoms in total. The summed E-state index contributed by atoms with van der Waals surface area (Å²) >= 11 is 0. The van der Waals surface area contributed by atoms with Crippen LogP contribution in [-0.2, 0) is 12.8 Å². The van der Waals surface area contributed by atoms with Crippen LogP contribution in [0.2, 0.25) is 0 Å². The lowest BCUT2D eigenvalue weighted by molar-refractivity contribution is 0.440. The molecule has 0 spiro atoms. The van der Waals surface area contributed by atoms with Crippen LogP contribution >= 0.6 is 0 Å². The van der Waals surface area contributed by atoms with Gasteiger partial charge >= 0.3 is 0 Å². The first-order valence-electron chi connectivity index (χ1n) is 7.70. The van der Waals surface area contributed by atoms with Gasteiger partial charge in [0.2, 0.25) is 0 Å². The number of aryl methyl sites for hydroxylation is 2. The second kappa shape index (κ2) is 5.44. The molecule has 1 atom stereocenters. The third-order valence-electron chi connectivity index (χ3n) is 5.02. The van der Waals surface area contributed by atoms with E-state index in [1.54, 1.807) is 11.1 Å². The average molecular weight is 243 g/mol. The van der Waals surface area contributed by atoms with Crippen molar-refractivity contribution in [2.75, 3.05) is 6.54 Å². The average Bonchev–Trinajstić information content (AvgIpc) is 2.93. The first-order valence-corrected chi connectivity index (χ1v) is 7.70. The molecule has 2 aliphatic carbocycles. The maximum Gasteiger partial charge on any atom is -0.000556 e. The van der Waals surface area contributed by atoms with E-state index in [1.807, 2.05) is 0 Å². The topological polar surface area (TPSA) is 26.0 Å². The second-order valence-corrected chi connectivity index (χ2v) is 6.12. The Hall–Kier alpha value is -0.820. The highest BCUT2D eigenvalue weighted by atomic mass is 14.6. The highest BCUT2D eigenvalue weighted by Gasteiger charge is 2.25. The van der Waals surface area contributed by atoms with E-state index in [4.69, 9.17) is 5.73 Å². The molecule has 18 heavy (non-hydrogen) atoms. The number of rotatable bonds is 3. The zero-order valence-corrected chi connectivity index (χ0v) is 11.3. The summed E-state index contributed by atoms with van der Waals surface area (Å²) in [5.41, 5.74) is 10.8. The molecule has 0 heterocycles. The Morgan fingerprint density at radius 1 is 1.00 bits per heavy atom. The maximum atomic E-state index is 6.06. The van der Waals surface area contributed by atoms with Gasteiger partial charge in [-0.15, -0.1) is 0 Å². The predicted octanol–water partition coefficient (Wildman–Crippen LogP) is 3.80. The van der Waals surface area contributed by atoms with Crippen LogP contribution in [0.3, 0.4) is 0 Å². The van der Waals surface area contributed by atoms with Crippen molar-refractivity contribution >= 4 is 0 Å². The monoisotopic (exact) mass is 243 g/mol. The quantitative estimate of drug-likeness (QED) is 0.858. The van der Waals surface area contributed by atoms with E-state index < -0.39 is 0 Å². The summed E-state index contributed by atoms with van der Waals surface area (Å²) in [6.45, 7) is 0.823. The molecule has 0 aliphatic heterocycles. The number of fused-ring (bicyclic) bond motifs is 1. The molecular weight excluding hydrogens is 218 g/mol. The normalized spacial score (nSPS) is 21.8. The summed E-state index contributed by atoms with van der Waals surface area (Å²) in [6, 6.07) is 7.21. The van der Waals surface area contributed by atoms with E-state index in [9.17, 15) is 0 Å². The molecule has 3 rings (SSSR count). The van der Waals surface area contributed by atoms with Crippen molar-refractivity contribution in [1.82, 2.24) is 0 Å². The fraction of sp³-hybridized carbons (Fsp3) is 0.647. The van der Waals surface area contributed by atoms with Crippen LogP contribution in [0, 0.1) is 5.92 Å². The molecular formula is C17H25N. The van der Waals surface area contributed by atoms with E-state index in [2.05, 4.69) is 18.2 Å². The van der Waals surface area contributed by atoms with E-state index >= 15 is 0 Å². The van der Waals surface area contributed by atoms with Gasteiger partial charge in [0, 0.05) is 0 Å². The van der Waals surface area contributed by atoms with Gasteiger partial charge in [0.25, 0.3) is 0 Å². The third kappa shape index (κ3) is 2.33. The number of benzene rings is 1. The van der Waals surface area contributed by atoms with Crippen LogP contribution in [0.1, 0.15) is 61.1 Å². The van der Waals surface area contributed by atoms with Gasteiger partial charge in [-0.25, -0.2) is 0 Å². The van der Waals surface area contributed by atoms with Crippen molar-refractivity contribution in [1.29, 1.82) is 0 Å². The highest BCUT2D eigenvalue weighted by molar-refractivity contribution is 5.36. The molecule has 1 aromatic rings. The van der Waals surface area contributed by atoms with Gasteiger partial charge in [-0.05, 0) is 73.6 Å². The lowest BCUT2D eigenvalue weighted by atomic mass is 9.82. The van der Waals surface area contributed by atoms with E-state index in [0.717, 1.165) is 12.5 Å². The van der Waals surface area contributed by atoms with Crippen molar-refractivity contribution < 1.29 is 0 Å². The molecule has 1 aromatic carbocycles. The minimum Gasteiger partial charge on any atom is -0.330 e. The largest absolute Gasteiger partial charge is 0.330 e. The van der Waals surface area contributed by atoms with Crippen molar-refractivity contribution in [3.8, 4) is 0 Å². The fourth-order valence-electron chi connectivity index (χ4n) is 3.94. The zero-order chi connectivity index (χ0) is 12.4. The van der Waals surface area contributed by atoms with Gasteiger partial charge < -0.3 is 5.73 Å². The SMILES string of the molecule is NCC(c1ccc2c(c1)CCCC2)C1CCCC1. The van der Waals surface area contributed by atoms with Crippen LogP contribution in [0.25, 0.3) is 0 Å². The smallest absolute Gasteiger partial charge is 0.000556 e. The van der Waals surface area contributed by atoms with Crippen molar-refractivity contribution in [2.24, 2.45) is 11.7 Å². The van der Waals surface area contributed by atoms with E-state index in [-0.39, 0.29) is 0 Å². The summed E-state index contributed by atoms with van der Waals surface area (Å²) in [5.74, 6) is 1.45. The Morgan fingerprint density at radius 2 is 1.72 bits per heavy atom. The van der Waals surface area contributed by atoms with E-state index in [0.29, 0.717) is 5.92 Å². The summed E-state index contributed by atoms with van der Waals surface area (Å²) in [5, 5.41) is 0. The van der Waals surface area contributed by atoms with Gasteiger partial charge in [-0.2, -0.15) is 0 Å². The molecule has 1 fully saturated rings. The van der Waals surface area contributed by atoms with Crippen LogP contribution in [0.15, 0.2) is 18.2 Å². The lowest BCUT2D eigenvalue weighted by Crippen LogP contribution is -2.20. The zero-order valence-electron chi connectivity index (χ0n) is 11.3. The van der Waals surface area contributed by atoms with Crippen LogP contribution in [0.5, 0.6) is 0 Å². The Morgan fingerprint density at radius 3 is 2.44 bits per heavy atom. The molecule has 1 saturated carbocycles. The van der Waals surface area contributed by atoms with Gasteiger partial charge in [-0.3, -0.25) is 0 Å². The van der Waals surface area contributed by atoms with Gasteiger partial charge in [0.1, 0.15) is 0 Å². The number of nitrogens with two attached hydrogens (primary N) is 1. The Labute approximate surface area is 111 Å². The minimum atomic E-state index is 0.611. The van der Waals surface area contributed by atoms with Crippen LogP contribution in [0.4, 0.5) is 0 Å². The Kier molecular flexibility index (Phi) is 3.69. The van der Waals surface area contributed by atoms with Gasteiger partial charge in [0.15, 0.2) is 0 Å². The van der Waals surface area contributed by atoms with Gasteiger partial charge in [-0.1, -0.05) is 31.0 Å². The van der Waals surface area contributed by atoms with Crippen LogP contribution in [-0.4, -0.2) is 6.54 Å². The fourth-order valence-corrected chi connectivity index (χ4v) is 3.94. The number of hydrogen-bond donors (Lipinski definition) is 1. The standard InChI is InChI=1S/C17H25N/c18-12-17(14-6-2-3-7-14)16-10-9-13-5-1-4-8-15(13)11-16/h9-11,14,17H,1-8,12,18H2. The van der Waals surface area contributed by atoms with Crippen molar-refractivity contribution in [3.63, 3.8) is 0 Å². The predicted molar refractivity (Wildman–Crippen MR) is 76.8 cm³/mol. The molecule has 1 heteroatoms. The molecule has 2 aliphatic rings. The van der Waals surface area contributed by atoms with E-state index in [1.165, 1.54) is 56.9 Å². The highest BCUT2D eigenvalue weighted by Crippen LogP contribution is 2.37. The molecule has 2 N–H and O–H groups in total.